The summed E-state index contributed by atoms with van der Waals surface area (Å²) in [4.78, 5) is 0. The van der Waals surface area contributed by atoms with Gasteiger partial charge in [0.1, 0.15) is 0 Å². The van der Waals surface area contributed by atoms with Gasteiger partial charge in [0.15, 0.2) is 0 Å². The highest BCUT2D eigenvalue weighted by atomic mass is 14.9. The van der Waals surface area contributed by atoms with E-state index in [1.54, 1.807) is 0 Å². The summed E-state index contributed by atoms with van der Waals surface area (Å²) in [7, 11) is 0. The molecular formula is C13H18N2. The van der Waals surface area contributed by atoms with Gasteiger partial charge in [0.25, 0.3) is 0 Å². The third-order valence-electron chi connectivity index (χ3n) is 3.59. The van der Waals surface area contributed by atoms with E-state index >= 15 is 0 Å². The molecule has 0 spiro atoms. The van der Waals surface area contributed by atoms with Crippen LogP contribution in [-0.2, 0) is 12.8 Å². The van der Waals surface area contributed by atoms with Gasteiger partial charge < -0.3 is 10.6 Å². The molecule has 1 aromatic rings. The molecule has 0 saturated heterocycles. The lowest BCUT2D eigenvalue weighted by molar-refractivity contribution is 0.800. The predicted octanol–water partition coefficient (Wildman–Crippen LogP) is 2.71. The van der Waals surface area contributed by atoms with Crippen molar-refractivity contribution in [2.45, 2.75) is 32.6 Å². The second-order valence-electron chi connectivity index (χ2n) is 4.63. The Labute approximate surface area is 91.1 Å². The Morgan fingerprint density at radius 1 is 0.933 bits per heavy atom. The monoisotopic (exact) mass is 202 g/mol. The summed E-state index contributed by atoms with van der Waals surface area (Å²) < 4.78 is 0. The molecule has 0 aliphatic carbocycles. The zero-order valence-electron chi connectivity index (χ0n) is 9.32. The Kier molecular flexibility index (Phi) is 2.08. The van der Waals surface area contributed by atoms with Crippen LogP contribution in [0.15, 0.2) is 6.07 Å². The lowest BCUT2D eigenvalue weighted by Gasteiger charge is -2.27. The molecule has 2 heteroatoms. The maximum Gasteiger partial charge on any atom is 0.0423 e. The zero-order valence-corrected chi connectivity index (χ0v) is 9.32. The fraction of sp³-hybridized carbons (Fsp3) is 0.538. The highest BCUT2D eigenvalue weighted by Crippen LogP contribution is 2.36. The molecule has 2 nitrogen and oxygen atoms in total. The molecule has 0 saturated carbocycles. The van der Waals surface area contributed by atoms with E-state index in [1.807, 2.05) is 0 Å². The summed E-state index contributed by atoms with van der Waals surface area (Å²) in [5.41, 5.74) is 7.29. The lowest BCUT2D eigenvalue weighted by atomic mass is 9.91. The van der Waals surface area contributed by atoms with Gasteiger partial charge in [-0.15, -0.1) is 0 Å². The van der Waals surface area contributed by atoms with Crippen LogP contribution in [0.3, 0.4) is 0 Å². The molecule has 15 heavy (non-hydrogen) atoms. The Morgan fingerprint density at radius 3 is 2.00 bits per heavy atom. The summed E-state index contributed by atoms with van der Waals surface area (Å²) in [6, 6.07) is 2.41. The number of fused-ring (bicyclic) bond motifs is 2. The van der Waals surface area contributed by atoms with Gasteiger partial charge in [-0.25, -0.2) is 0 Å². The quantitative estimate of drug-likeness (QED) is 0.676. The van der Waals surface area contributed by atoms with Crippen LogP contribution in [0.25, 0.3) is 0 Å². The molecule has 0 amide bonds. The maximum atomic E-state index is 3.54. The smallest absolute Gasteiger partial charge is 0.0423 e. The van der Waals surface area contributed by atoms with Crippen LogP contribution in [0.4, 0.5) is 11.4 Å². The molecule has 2 N–H and O–H groups in total. The van der Waals surface area contributed by atoms with Crippen LogP contribution in [0.2, 0.25) is 0 Å². The SMILES string of the molecule is Cc1c2c(cc3c1NCCC3)CCCN2. The molecule has 0 aromatic heterocycles. The van der Waals surface area contributed by atoms with Crippen molar-refractivity contribution in [1.29, 1.82) is 0 Å². The number of aryl methyl sites for hydroxylation is 2. The molecular weight excluding hydrogens is 184 g/mol. The standard InChI is InChI=1S/C13H18N2/c1-9-12-10(4-2-6-14-12)8-11-5-3-7-15-13(9)11/h8,14-15H,2-7H2,1H3. The van der Waals surface area contributed by atoms with Gasteiger partial charge in [-0.05, 0) is 49.3 Å². The normalized spacial score (nSPS) is 18.5. The molecule has 2 aliphatic rings. The van der Waals surface area contributed by atoms with Crippen molar-refractivity contribution in [3.8, 4) is 0 Å². The molecule has 3 rings (SSSR count). The first-order chi connectivity index (χ1) is 7.36. The van der Waals surface area contributed by atoms with Gasteiger partial charge in [0.2, 0.25) is 0 Å². The van der Waals surface area contributed by atoms with Crippen molar-refractivity contribution in [2.75, 3.05) is 23.7 Å². The van der Waals surface area contributed by atoms with Crippen molar-refractivity contribution >= 4 is 11.4 Å². The van der Waals surface area contributed by atoms with E-state index < -0.39 is 0 Å². The van der Waals surface area contributed by atoms with E-state index in [4.69, 9.17) is 0 Å². The van der Waals surface area contributed by atoms with Crippen molar-refractivity contribution in [2.24, 2.45) is 0 Å². The second kappa shape index (κ2) is 3.44. The summed E-state index contributed by atoms with van der Waals surface area (Å²) >= 11 is 0. The van der Waals surface area contributed by atoms with Gasteiger partial charge in [0, 0.05) is 24.5 Å². The van der Waals surface area contributed by atoms with E-state index in [9.17, 15) is 0 Å². The van der Waals surface area contributed by atoms with Gasteiger partial charge >= 0.3 is 0 Å². The number of hydrogen-bond acceptors (Lipinski definition) is 2. The van der Waals surface area contributed by atoms with Crippen LogP contribution in [0, 0.1) is 6.92 Å². The van der Waals surface area contributed by atoms with Gasteiger partial charge in [0.05, 0.1) is 0 Å². The van der Waals surface area contributed by atoms with Gasteiger partial charge in [-0.3, -0.25) is 0 Å². The Morgan fingerprint density at radius 2 is 1.47 bits per heavy atom. The average molecular weight is 202 g/mol. The fourth-order valence-electron chi connectivity index (χ4n) is 2.83. The number of benzene rings is 1. The maximum absolute atomic E-state index is 3.54. The predicted molar refractivity (Wildman–Crippen MR) is 64.8 cm³/mol. The first-order valence-electron chi connectivity index (χ1n) is 5.99. The lowest BCUT2D eigenvalue weighted by Crippen LogP contribution is -2.18. The molecule has 2 aliphatic heterocycles. The number of hydrogen-bond donors (Lipinski definition) is 2. The van der Waals surface area contributed by atoms with Crippen molar-refractivity contribution in [1.82, 2.24) is 0 Å². The molecule has 0 atom stereocenters. The number of anilines is 2. The van der Waals surface area contributed by atoms with Crippen molar-refractivity contribution < 1.29 is 0 Å². The van der Waals surface area contributed by atoms with Crippen LogP contribution in [0.5, 0.6) is 0 Å². The highest BCUT2D eigenvalue weighted by Gasteiger charge is 2.18. The molecule has 0 bridgehead atoms. The van der Waals surface area contributed by atoms with Crippen LogP contribution < -0.4 is 10.6 Å². The first kappa shape index (κ1) is 9.08. The molecule has 0 radical (unpaired) electrons. The van der Waals surface area contributed by atoms with E-state index in [0.717, 1.165) is 13.1 Å². The Bertz CT molecular complexity index is 362. The molecule has 1 aromatic carbocycles. The minimum atomic E-state index is 1.13. The second-order valence-corrected chi connectivity index (χ2v) is 4.63. The number of nitrogens with one attached hydrogen (secondary N) is 2. The summed E-state index contributed by atoms with van der Waals surface area (Å²) in [5, 5.41) is 7.08. The molecule has 0 fully saturated rings. The third kappa shape index (κ3) is 1.39. The van der Waals surface area contributed by atoms with Crippen LogP contribution >= 0.6 is 0 Å². The van der Waals surface area contributed by atoms with E-state index in [-0.39, 0.29) is 0 Å². The largest absolute Gasteiger partial charge is 0.385 e. The van der Waals surface area contributed by atoms with Crippen molar-refractivity contribution in [3.63, 3.8) is 0 Å². The van der Waals surface area contributed by atoms with E-state index in [1.165, 1.54) is 53.7 Å². The molecule has 0 unspecified atom stereocenters. The number of rotatable bonds is 0. The summed E-state index contributed by atoms with van der Waals surface area (Å²) in [5.74, 6) is 0. The average Bonchev–Trinajstić information content (AvgIpc) is 2.30. The summed E-state index contributed by atoms with van der Waals surface area (Å²) in [6.45, 7) is 4.51. The van der Waals surface area contributed by atoms with Crippen LogP contribution in [0.1, 0.15) is 29.5 Å². The minimum absolute atomic E-state index is 1.13. The Balaban J connectivity index is 2.16. The minimum Gasteiger partial charge on any atom is -0.385 e. The van der Waals surface area contributed by atoms with Gasteiger partial charge in [-0.2, -0.15) is 0 Å². The Hall–Kier alpha value is -1.18. The first-order valence-corrected chi connectivity index (χ1v) is 5.99. The molecule has 2 heterocycles. The van der Waals surface area contributed by atoms with Crippen molar-refractivity contribution in [3.05, 3.63) is 22.8 Å². The third-order valence-corrected chi connectivity index (χ3v) is 3.59. The van der Waals surface area contributed by atoms with Gasteiger partial charge in [-0.1, -0.05) is 6.07 Å². The zero-order chi connectivity index (χ0) is 10.3. The topological polar surface area (TPSA) is 24.1 Å². The molecule has 80 valence electrons. The van der Waals surface area contributed by atoms with Crippen LogP contribution in [-0.4, -0.2) is 13.1 Å². The van der Waals surface area contributed by atoms with E-state index in [0.29, 0.717) is 0 Å². The fourth-order valence-corrected chi connectivity index (χ4v) is 2.83. The summed E-state index contributed by atoms with van der Waals surface area (Å²) in [6.07, 6.45) is 5.05. The highest BCUT2D eigenvalue weighted by molar-refractivity contribution is 5.73. The van der Waals surface area contributed by atoms with E-state index in [2.05, 4.69) is 23.6 Å².